The van der Waals surface area contributed by atoms with Crippen LogP contribution in [-0.4, -0.2) is 29.5 Å². The average Bonchev–Trinajstić information content (AvgIpc) is 2.66. The van der Waals surface area contributed by atoms with E-state index in [-0.39, 0.29) is 12.1 Å². The van der Waals surface area contributed by atoms with Crippen LogP contribution in [0.1, 0.15) is 26.5 Å². The number of nitrogens with zero attached hydrogens (tertiary/aromatic N) is 1. The summed E-state index contributed by atoms with van der Waals surface area (Å²) in [5.74, 6) is 0. The van der Waals surface area contributed by atoms with E-state index in [2.05, 4.69) is 30.8 Å². The highest BCUT2D eigenvalue weighted by molar-refractivity contribution is 5.07. The van der Waals surface area contributed by atoms with Gasteiger partial charge in [0, 0.05) is 30.5 Å². The fourth-order valence-corrected chi connectivity index (χ4v) is 1.53. The zero-order valence-electron chi connectivity index (χ0n) is 11.5. The Bertz CT molecular complexity index is 380. The summed E-state index contributed by atoms with van der Waals surface area (Å²) in [6.07, 6.45) is -2.41. The first-order chi connectivity index (χ1) is 8.67. The molecule has 0 bridgehead atoms. The van der Waals surface area contributed by atoms with E-state index in [0.717, 1.165) is 5.69 Å². The van der Waals surface area contributed by atoms with E-state index in [4.69, 9.17) is 0 Å². The van der Waals surface area contributed by atoms with Crippen molar-refractivity contribution in [3.8, 4) is 0 Å². The van der Waals surface area contributed by atoms with E-state index < -0.39 is 12.8 Å². The van der Waals surface area contributed by atoms with Crippen molar-refractivity contribution in [2.45, 2.75) is 45.6 Å². The van der Waals surface area contributed by atoms with Gasteiger partial charge in [-0.1, -0.05) is 0 Å². The molecule has 0 spiro atoms. The Labute approximate surface area is 111 Å². The van der Waals surface area contributed by atoms with Gasteiger partial charge in [-0.05, 0) is 32.9 Å². The van der Waals surface area contributed by atoms with Gasteiger partial charge >= 0.3 is 6.18 Å². The molecule has 19 heavy (non-hydrogen) atoms. The molecule has 0 atom stereocenters. The van der Waals surface area contributed by atoms with Crippen LogP contribution < -0.4 is 5.32 Å². The third-order valence-electron chi connectivity index (χ3n) is 2.47. The zero-order chi connectivity index (χ0) is 14.5. The van der Waals surface area contributed by atoms with Gasteiger partial charge in [0.05, 0.1) is 6.61 Å². The highest BCUT2D eigenvalue weighted by atomic mass is 19.4. The molecule has 6 heteroatoms. The quantitative estimate of drug-likeness (QED) is 0.810. The highest BCUT2D eigenvalue weighted by Gasteiger charge is 2.27. The number of rotatable bonds is 6. The van der Waals surface area contributed by atoms with E-state index in [9.17, 15) is 13.2 Å². The zero-order valence-corrected chi connectivity index (χ0v) is 11.5. The number of aromatic nitrogens is 1. The molecule has 0 aliphatic heterocycles. The minimum absolute atomic E-state index is 0.00187. The summed E-state index contributed by atoms with van der Waals surface area (Å²) in [4.78, 5) is 0. The molecule has 1 N–H and O–H groups in total. The SMILES string of the molecule is CC(C)(C)NCc1cccn1CCOCC(F)(F)F. The summed E-state index contributed by atoms with van der Waals surface area (Å²) < 4.78 is 42.2. The van der Waals surface area contributed by atoms with E-state index in [1.807, 2.05) is 22.9 Å². The molecule has 0 radical (unpaired) electrons. The van der Waals surface area contributed by atoms with Crippen LogP contribution in [0.3, 0.4) is 0 Å². The number of nitrogens with one attached hydrogen (secondary N) is 1. The number of ether oxygens (including phenoxy) is 1. The normalized spacial score (nSPS) is 12.9. The third-order valence-corrected chi connectivity index (χ3v) is 2.47. The summed E-state index contributed by atoms with van der Waals surface area (Å²) >= 11 is 0. The van der Waals surface area contributed by atoms with Crippen molar-refractivity contribution >= 4 is 0 Å². The fraction of sp³-hybridized carbons (Fsp3) is 0.692. The molecule has 0 aliphatic rings. The van der Waals surface area contributed by atoms with Crippen molar-refractivity contribution in [2.24, 2.45) is 0 Å². The van der Waals surface area contributed by atoms with Crippen molar-refractivity contribution in [3.63, 3.8) is 0 Å². The highest BCUT2D eigenvalue weighted by Crippen LogP contribution is 2.14. The van der Waals surface area contributed by atoms with Gasteiger partial charge in [0.2, 0.25) is 0 Å². The molecule has 1 aromatic rings. The van der Waals surface area contributed by atoms with Gasteiger partial charge in [-0.25, -0.2) is 0 Å². The van der Waals surface area contributed by atoms with Crippen LogP contribution in [0.4, 0.5) is 13.2 Å². The predicted octanol–water partition coefficient (Wildman–Crippen LogP) is 2.96. The molecular formula is C13H21F3N2O. The summed E-state index contributed by atoms with van der Waals surface area (Å²) in [5, 5.41) is 3.34. The lowest BCUT2D eigenvalue weighted by Gasteiger charge is -2.21. The Hall–Kier alpha value is -1.01. The molecule has 0 fully saturated rings. The van der Waals surface area contributed by atoms with Crippen LogP contribution in [0.15, 0.2) is 18.3 Å². The molecule has 0 amide bonds. The molecular weight excluding hydrogens is 257 g/mol. The summed E-state index contributed by atoms with van der Waals surface area (Å²) in [6, 6.07) is 3.83. The monoisotopic (exact) mass is 278 g/mol. The van der Waals surface area contributed by atoms with Crippen LogP contribution >= 0.6 is 0 Å². The standard InChI is InChI=1S/C13H21F3N2O/c1-12(2,3)17-9-11-5-4-6-18(11)7-8-19-10-13(14,15)16/h4-6,17H,7-10H2,1-3H3. The van der Waals surface area contributed by atoms with E-state index in [1.54, 1.807) is 0 Å². The summed E-state index contributed by atoms with van der Waals surface area (Å²) in [5.41, 5.74) is 1.03. The van der Waals surface area contributed by atoms with Crippen molar-refractivity contribution in [3.05, 3.63) is 24.0 Å². The Morgan fingerprint density at radius 3 is 2.53 bits per heavy atom. The first-order valence-electron chi connectivity index (χ1n) is 6.21. The maximum Gasteiger partial charge on any atom is 0.411 e. The second-order valence-electron chi connectivity index (χ2n) is 5.46. The largest absolute Gasteiger partial charge is 0.411 e. The molecule has 0 saturated heterocycles. The molecule has 0 aromatic carbocycles. The average molecular weight is 278 g/mol. The molecule has 0 aliphatic carbocycles. The second-order valence-corrected chi connectivity index (χ2v) is 5.46. The molecule has 1 rings (SSSR count). The van der Waals surface area contributed by atoms with Crippen LogP contribution in [-0.2, 0) is 17.8 Å². The smallest absolute Gasteiger partial charge is 0.370 e. The van der Waals surface area contributed by atoms with Gasteiger partial charge in [0.25, 0.3) is 0 Å². The van der Waals surface area contributed by atoms with Gasteiger partial charge < -0.3 is 14.6 Å². The van der Waals surface area contributed by atoms with Gasteiger partial charge in [-0.2, -0.15) is 13.2 Å². The van der Waals surface area contributed by atoms with Gasteiger partial charge in [-0.15, -0.1) is 0 Å². The lowest BCUT2D eigenvalue weighted by atomic mass is 10.1. The van der Waals surface area contributed by atoms with E-state index in [0.29, 0.717) is 13.1 Å². The van der Waals surface area contributed by atoms with Gasteiger partial charge in [0.1, 0.15) is 6.61 Å². The van der Waals surface area contributed by atoms with Crippen LogP contribution in [0, 0.1) is 0 Å². The van der Waals surface area contributed by atoms with E-state index >= 15 is 0 Å². The number of alkyl halides is 3. The lowest BCUT2D eigenvalue weighted by molar-refractivity contribution is -0.174. The number of halogens is 3. The molecule has 0 saturated carbocycles. The Morgan fingerprint density at radius 2 is 1.95 bits per heavy atom. The predicted molar refractivity (Wildman–Crippen MR) is 67.9 cm³/mol. The van der Waals surface area contributed by atoms with E-state index in [1.165, 1.54) is 0 Å². The van der Waals surface area contributed by atoms with Crippen LogP contribution in [0.2, 0.25) is 0 Å². The maximum absolute atomic E-state index is 11.9. The molecule has 0 unspecified atom stereocenters. The van der Waals surface area contributed by atoms with Gasteiger partial charge in [-0.3, -0.25) is 0 Å². The summed E-state index contributed by atoms with van der Waals surface area (Å²) in [6.45, 7) is 6.15. The van der Waals surface area contributed by atoms with Crippen molar-refractivity contribution in [2.75, 3.05) is 13.2 Å². The molecule has 1 heterocycles. The number of hydrogen-bond donors (Lipinski definition) is 1. The minimum Gasteiger partial charge on any atom is -0.370 e. The maximum atomic E-state index is 11.9. The van der Waals surface area contributed by atoms with Crippen molar-refractivity contribution in [1.29, 1.82) is 0 Å². The lowest BCUT2D eigenvalue weighted by Crippen LogP contribution is -2.35. The summed E-state index contributed by atoms with van der Waals surface area (Å²) in [7, 11) is 0. The van der Waals surface area contributed by atoms with Crippen LogP contribution in [0.25, 0.3) is 0 Å². The fourth-order valence-electron chi connectivity index (χ4n) is 1.53. The Kier molecular flexibility index (Phi) is 5.43. The van der Waals surface area contributed by atoms with Crippen molar-refractivity contribution in [1.82, 2.24) is 9.88 Å². The Morgan fingerprint density at radius 1 is 1.26 bits per heavy atom. The number of hydrogen-bond acceptors (Lipinski definition) is 2. The second kappa shape index (κ2) is 6.43. The Balaban J connectivity index is 2.37. The first-order valence-corrected chi connectivity index (χ1v) is 6.21. The third kappa shape index (κ3) is 7.22. The molecule has 110 valence electrons. The van der Waals surface area contributed by atoms with Gasteiger partial charge in [0.15, 0.2) is 0 Å². The van der Waals surface area contributed by atoms with Crippen LogP contribution in [0.5, 0.6) is 0 Å². The van der Waals surface area contributed by atoms with Crippen molar-refractivity contribution < 1.29 is 17.9 Å². The minimum atomic E-state index is -4.26. The molecule has 3 nitrogen and oxygen atoms in total. The molecule has 1 aromatic heterocycles. The topological polar surface area (TPSA) is 26.2 Å². The first kappa shape index (κ1) is 16.0.